The van der Waals surface area contributed by atoms with Crippen LogP contribution in [0.15, 0.2) is 24.3 Å². The Morgan fingerprint density at radius 2 is 2.29 bits per heavy atom. The fourth-order valence-corrected chi connectivity index (χ4v) is 3.11. The first-order chi connectivity index (χ1) is 8.27. The van der Waals surface area contributed by atoms with E-state index in [1.165, 1.54) is 6.07 Å². The minimum Gasteiger partial charge on any atom is -0.355 e. The molecule has 1 atom stereocenters. The molecule has 1 aliphatic rings. The lowest BCUT2D eigenvalue weighted by Crippen LogP contribution is -2.32. The second-order valence-electron chi connectivity index (χ2n) is 4.13. The SMILES string of the molecule is O=C(NCCc1ccccc1F)C1CCCS1. The van der Waals surface area contributed by atoms with Crippen molar-refractivity contribution >= 4 is 17.7 Å². The number of hydrogen-bond acceptors (Lipinski definition) is 2. The van der Waals surface area contributed by atoms with Crippen molar-refractivity contribution < 1.29 is 9.18 Å². The molecule has 1 aromatic carbocycles. The van der Waals surface area contributed by atoms with Gasteiger partial charge in [0.2, 0.25) is 5.91 Å². The van der Waals surface area contributed by atoms with Crippen LogP contribution < -0.4 is 5.32 Å². The summed E-state index contributed by atoms with van der Waals surface area (Å²) in [5.74, 6) is 0.978. The maximum atomic E-state index is 13.3. The van der Waals surface area contributed by atoms with E-state index in [0.717, 1.165) is 18.6 Å². The van der Waals surface area contributed by atoms with Crippen LogP contribution in [0.2, 0.25) is 0 Å². The summed E-state index contributed by atoms with van der Waals surface area (Å²) >= 11 is 1.71. The molecule has 1 saturated heterocycles. The zero-order valence-electron chi connectivity index (χ0n) is 9.62. The summed E-state index contributed by atoms with van der Waals surface area (Å²) in [6.45, 7) is 0.511. The predicted octanol–water partition coefficient (Wildman–Crippen LogP) is 2.38. The molecule has 0 aromatic heterocycles. The largest absolute Gasteiger partial charge is 0.355 e. The first-order valence-corrected chi connectivity index (χ1v) is 6.95. The maximum absolute atomic E-state index is 13.3. The summed E-state index contributed by atoms with van der Waals surface area (Å²) in [6, 6.07) is 6.69. The summed E-state index contributed by atoms with van der Waals surface area (Å²) in [5, 5.41) is 2.98. The zero-order valence-corrected chi connectivity index (χ0v) is 10.4. The van der Waals surface area contributed by atoms with Gasteiger partial charge in [0.15, 0.2) is 0 Å². The number of carbonyl (C=O) groups is 1. The van der Waals surface area contributed by atoms with Gasteiger partial charge in [0, 0.05) is 6.54 Å². The van der Waals surface area contributed by atoms with Crippen LogP contribution in [0, 0.1) is 5.82 Å². The third-order valence-corrected chi connectivity index (χ3v) is 4.25. The van der Waals surface area contributed by atoms with E-state index in [4.69, 9.17) is 0 Å². The Morgan fingerprint density at radius 1 is 1.47 bits per heavy atom. The Bertz CT molecular complexity index is 391. The van der Waals surface area contributed by atoms with E-state index in [1.807, 2.05) is 6.07 Å². The third-order valence-electron chi connectivity index (χ3n) is 2.87. The molecule has 2 nitrogen and oxygen atoms in total. The van der Waals surface area contributed by atoms with Gasteiger partial charge in [-0.1, -0.05) is 18.2 Å². The highest BCUT2D eigenvalue weighted by Crippen LogP contribution is 2.25. The highest BCUT2D eigenvalue weighted by Gasteiger charge is 2.22. The van der Waals surface area contributed by atoms with Crippen LogP contribution in [0.4, 0.5) is 4.39 Å². The third kappa shape index (κ3) is 3.46. The van der Waals surface area contributed by atoms with E-state index in [0.29, 0.717) is 18.5 Å². The molecule has 17 heavy (non-hydrogen) atoms. The van der Waals surface area contributed by atoms with E-state index in [-0.39, 0.29) is 17.0 Å². The number of halogens is 1. The minimum atomic E-state index is -0.197. The van der Waals surface area contributed by atoms with Gasteiger partial charge in [0.05, 0.1) is 5.25 Å². The number of benzene rings is 1. The number of thioether (sulfide) groups is 1. The fourth-order valence-electron chi connectivity index (χ4n) is 1.92. The number of nitrogens with one attached hydrogen (secondary N) is 1. The van der Waals surface area contributed by atoms with E-state index in [2.05, 4.69) is 5.32 Å². The normalized spacial score (nSPS) is 19.2. The Morgan fingerprint density at radius 3 is 3.00 bits per heavy atom. The van der Waals surface area contributed by atoms with Gasteiger partial charge in [-0.3, -0.25) is 4.79 Å². The Kier molecular flexibility index (Phi) is 4.42. The Balaban J connectivity index is 1.76. The van der Waals surface area contributed by atoms with Gasteiger partial charge in [-0.05, 0) is 36.6 Å². The molecule has 1 N–H and O–H groups in total. The minimum absolute atomic E-state index is 0.101. The molecule has 1 unspecified atom stereocenters. The van der Waals surface area contributed by atoms with E-state index in [1.54, 1.807) is 23.9 Å². The molecule has 4 heteroatoms. The summed E-state index contributed by atoms with van der Waals surface area (Å²) in [6.07, 6.45) is 2.64. The fraction of sp³-hybridized carbons (Fsp3) is 0.462. The molecule has 0 bridgehead atoms. The van der Waals surface area contributed by atoms with E-state index >= 15 is 0 Å². The summed E-state index contributed by atoms with van der Waals surface area (Å²) in [5.41, 5.74) is 0.659. The van der Waals surface area contributed by atoms with Crippen molar-refractivity contribution in [2.24, 2.45) is 0 Å². The van der Waals surface area contributed by atoms with Crippen molar-refractivity contribution in [1.29, 1.82) is 0 Å². The zero-order chi connectivity index (χ0) is 12.1. The smallest absolute Gasteiger partial charge is 0.233 e. The summed E-state index contributed by atoms with van der Waals surface area (Å²) < 4.78 is 13.3. The molecule has 1 aliphatic heterocycles. The van der Waals surface area contributed by atoms with Gasteiger partial charge < -0.3 is 5.32 Å². The number of amides is 1. The van der Waals surface area contributed by atoms with Crippen LogP contribution in [0.1, 0.15) is 18.4 Å². The second kappa shape index (κ2) is 6.05. The van der Waals surface area contributed by atoms with Crippen molar-refractivity contribution in [3.8, 4) is 0 Å². The quantitative estimate of drug-likeness (QED) is 0.892. The highest BCUT2D eigenvalue weighted by atomic mass is 32.2. The first kappa shape index (κ1) is 12.4. The molecule has 1 heterocycles. The molecule has 0 spiro atoms. The Hall–Kier alpha value is -1.03. The van der Waals surface area contributed by atoms with Gasteiger partial charge >= 0.3 is 0 Å². The first-order valence-electron chi connectivity index (χ1n) is 5.90. The molecular formula is C13H16FNOS. The topological polar surface area (TPSA) is 29.1 Å². The molecular weight excluding hydrogens is 237 g/mol. The molecule has 92 valence electrons. The van der Waals surface area contributed by atoms with Crippen LogP contribution in [0.3, 0.4) is 0 Å². The molecule has 0 radical (unpaired) electrons. The lowest BCUT2D eigenvalue weighted by atomic mass is 10.1. The van der Waals surface area contributed by atoms with Gasteiger partial charge in [0.25, 0.3) is 0 Å². The molecule has 1 amide bonds. The highest BCUT2D eigenvalue weighted by molar-refractivity contribution is 8.00. The maximum Gasteiger partial charge on any atom is 0.233 e. The second-order valence-corrected chi connectivity index (χ2v) is 5.44. The van der Waals surface area contributed by atoms with Gasteiger partial charge in [-0.2, -0.15) is 0 Å². The van der Waals surface area contributed by atoms with Crippen molar-refractivity contribution in [3.05, 3.63) is 35.6 Å². The van der Waals surface area contributed by atoms with Crippen LogP contribution in [-0.4, -0.2) is 23.5 Å². The van der Waals surface area contributed by atoms with Crippen LogP contribution in [-0.2, 0) is 11.2 Å². The lowest BCUT2D eigenvalue weighted by Gasteiger charge is -2.10. The standard InChI is InChI=1S/C13H16FNOS/c14-11-5-2-1-4-10(11)7-8-15-13(16)12-6-3-9-17-12/h1-2,4-5,12H,3,6-9H2,(H,15,16). The molecule has 2 rings (SSSR count). The van der Waals surface area contributed by atoms with Crippen LogP contribution >= 0.6 is 11.8 Å². The van der Waals surface area contributed by atoms with Crippen molar-refractivity contribution in [2.45, 2.75) is 24.5 Å². The monoisotopic (exact) mass is 253 g/mol. The lowest BCUT2D eigenvalue weighted by molar-refractivity contribution is -0.120. The van der Waals surface area contributed by atoms with Crippen LogP contribution in [0.25, 0.3) is 0 Å². The molecule has 1 fully saturated rings. The van der Waals surface area contributed by atoms with E-state index < -0.39 is 0 Å². The molecule has 0 aliphatic carbocycles. The number of rotatable bonds is 4. The molecule has 1 aromatic rings. The average Bonchev–Trinajstić information content (AvgIpc) is 2.85. The Labute approximate surface area is 105 Å². The van der Waals surface area contributed by atoms with Gasteiger partial charge in [-0.15, -0.1) is 11.8 Å². The van der Waals surface area contributed by atoms with Gasteiger partial charge in [-0.25, -0.2) is 4.39 Å². The van der Waals surface area contributed by atoms with Crippen LogP contribution in [0.5, 0.6) is 0 Å². The predicted molar refractivity (Wildman–Crippen MR) is 68.6 cm³/mol. The number of hydrogen-bond donors (Lipinski definition) is 1. The van der Waals surface area contributed by atoms with Crippen molar-refractivity contribution in [1.82, 2.24) is 5.32 Å². The summed E-state index contributed by atoms with van der Waals surface area (Å²) in [7, 11) is 0. The van der Waals surface area contributed by atoms with Gasteiger partial charge in [0.1, 0.15) is 5.82 Å². The van der Waals surface area contributed by atoms with Crippen molar-refractivity contribution in [2.75, 3.05) is 12.3 Å². The molecule has 0 saturated carbocycles. The summed E-state index contributed by atoms with van der Waals surface area (Å²) in [4.78, 5) is 11.7. The van der Waals surface area contributed by atoms with Crippen molar-refractivity contribution in [3.63, 3.8) is 0 Å². The number of carbonyl (C=O) groups excluding carboxylic acids is 1. The van der Waals surface area contributed by atoms with E-state index in [9.17, 15) is 9.18 Å². The average molecular weight is 253 g/mol.